The van der Waals surface area contributed by atoms with E-state index in [1.54, 1.807) is 6.21 Å². The molecule has 0 aliphatic carbocycles. The predicted octanol–water partition coefficient (Wildman–Crippen LogP) is 3.59. The number of carbonyl (C=O) groups excluding carboxylic acids is 1. The number of nitrogens with zero attached hydrogens (tertiary/aromatic N) is 1. The van der Waals surface area contributed by atoms with E-state index in [0.29, 0.717) is 0 Å². The standard InChI is InChI=1S/C19H22N2O2/c1-14-9-10-15(2)18(11-14)23-13-19(22)21-20-12-16(3)17-7-5-4-6-8-17/h4-12,16H,13H2,1-3H3,(H,21,22)/b20-12-/t16-/m0/s1. The van der Waals surface area contributed by atoms with E-state index in [1.807, 2.05) is 69.3 Å². The second-order valence-corrected chi connectivity index (χ2v) is 5.57. The molecule has 23 heavy (non-hydrogen) atoms. The molecule has 0 fully saturated rings. The van der Waals surface area contributed by atoms with Gasteiger partial charge in [-0.15, -0.1) is 0 Å². The maximum atomic E-state index is 11.8. The van der Waals surface area contributed by atoms with Gasteiger partial charge < -0.3 is 4.74 Å². The molecule has 0 spiro atoms. The molecule has 4 heteroatoms. The Morgan fingerprint density at radius 3 is 2.70 bits per heavy atom. The lowest BCUT2D eigenvalue weighted by molar-refractivity contribution is -0.123. The lowest BCUT2D eigenvalue weighted by Gasteiger charge is -2.09. The third-order valence-corrected chi connectivity index (χ3v) is 3.52. The molecule has 0 bridgehead atoms. The van der Waals surface area contributed by atoms with Crippen molar-refractivity contribution in [1.29, 1.82) is 0 Å². The van der Waals surface area contributed by atoms with Gasteiger partial charge in [0.15, 0.2) is 6.61 Å². The summed E-state index contributed by atoms with van der Waals surface area (Å²) in [6.45, 7) is 5.91. The molecule has 2 aromatic rings. The zero-order valence-corrected chi connectivity index (χ0v) is 13.7. The fourth-order valence-electron chi connectivity index (χ4n) is 2.10. The van der Waals surface area contributed by atoms with Gasteiger partial charge in [-0.1, -0.05) is 49.4 Å². The van der Waals surface area contributed by atoms with Crippen LogP contribution >= 0.6 is 0 Å². The molecular formula is C19H22N2O2. The molecule has 0 aromatic heterocycles. The number of hydrogen-bond acceptors (Lipinski definition) is 3. The summed E-state index contributed by atoms with van der Waals surface area (Å²) in [5.41, 5.74) is 5.75. The van der Waals surface area contributed by atoms with Gasteiger partial charge in [-0.25, -0.2) is 5.43 Å². The van der Waals surface area contributed by atoms with E-state index in [1.165, 1.54) is 0 Å². The average Bonchev–Trinajstić information content (AvgIpc) is 2.56. The summed E-state index contributed by atoms with van der Waals surface area (Å²) in [6, 6.07) is 15.9. The minimum absolute atomic E-state index is 0.0542. The van der Waals surface area contributed by atoms with Crippen LogP contribution in [0.15, 0.2) is 53.6 Å². The van der Waals surface area contributed by atoms with Crippen molar-refractivity contribution in [2.45, 2.75) is 26.7 Å². The highest BCUT2D eigenvalue weighted by Gasteiger charge is 2.05. The number of nitrogens with one attached hydrogen (secondary N) is 1. The predicted molar refractivity (Wildman–Crippen MR) is 92.9 cm³/mol. The van der Waals surface area contributed by atoms with Gasteiger partial charge in [0, 0.05) is 12.1 Å². The summed E-state index contributed by atoms with van der Waals surface area (Å²) in [7, 11) is 0. The third-order valence-electron chi connectivity index (χ3n) is 3.52. The molecule has 1 atom stereocenters. The van der Waals surface area contributed by atoms with Crippen LogP contribution in [0.2, 0.25) is 0 Å². The number of benzene rings is 2. The highest BCUT2D eigenvalue weighted by atomic mass is 16.5. The van der Waals surface area contributed by atoms with Crippen LogP contribution in [-0.4, -0.2) is 18.7 Å². The second-order valence-electron chi connectivity index (χ2n) is 5.57. The largest absolute Gasteiger partial charge is 0.483 e. The third kappa shape index (κ3) is 5.25. The number of hydrazone groups is 1. The molecule has 0 saturated carbocycles. The summed E-state index contributed by atoms with van der Waals surface area (Å²) in [6.07, 6.45) is 1.71. The van der Waals surface area contributed by atoms with Crippen LogP contribution in [0.1, 0.15) is 29.5 Å². The first-order valence-corrected chi connectivity index (χ1v) is 7.63. The molecule has 1 amide bonds. The maximum Gasteiger partial charge on any atom is 0.277 e. The minimum atomic E-state index is -0.276. The number of ether oxygens (including phenoxy) is 1. The Labute approximate surface area is 137 Å². The summed E-state index contributed by atoms with van der Waals surface area (Å²) < 4.78 is 5.54. The van der Waals surface area contributed by atoms with Gasteiger partial charge in [0.2, 0.25) is 0 Å². The molecule has 1 N–H and O–H groups in total. The van der Waals surface area contributed by atoms with Gasteiger partial charge in [-0.3, -0.25) is 4.79 Å². The minimum Gasteiger partial charge on any atom is -0.483 e. The van der Waals surface area contributed by atoms with Gasteiger partial charge in [-0.05, 0) is 36.6 Å². The van der Waals surface area contributed by atoms with Crippen molar-refractivity contribution in [2.24, 2.45) is 5.10 Å². The number of amides is 1. The summed E-state index contributed by atoms with van der Waals surface area (Å²) in [4.78, 5) is 11.8. The van der Waals surface area contributed by atoms with Crippen LogP contribution in [0.5, 0.6) is 5.75 Å². The van der Waals surface area contributed by atoms with Gasteiger partial charge in [0.05, 0.1) is 0 Å². The lowest BCUT2D eigenvalue weighted by Crippen LogP contribution is -2.25. The molecule has 2 rings (SSSR count). The van der Waals surface area contributed by atoms with Crippen LogP contribution in [-0.2, 0) is 4.79 Å². The monoisotopic (exact) mass is 310 g/mol. The fraction of sp³-hybridized carbons (Fsp3) is 0.263. The number of carbonyl (C=O) groups is 1. The first-order valence-electron chi connectivity index (χ1n) is 7.63. The molecule has 0 aliphatic heterocycles. The molecule has 120 valence electrons. The normalized spacial score (nSPS) is 12.1. The Bertz CT molecular complexity index is 681. The second kappa shape index (κ2) is 8.13. The zero-order chi connectivity index (χ0) is 16.7. The molecular weight excluding hydrogens is 288 g/mol. The van der Waals surface area contributed by atoms with Crippen molar-refractivity contribution in [3.8, 4) is 5.75 Å². The molecule has 0 heterocycles. The van der Waals surface area contributed by atoms with Crippen molar-refractivity contribution < 1.29 is 9.53 Å². The SMILES string of the molecule is Cc1ccc(C)c(OCC(=O)N/N=C\[C@H](C)c2ccccc2)c1. The summed E-state index contributed by atoms with van der Waals surface area (Å²) in [5.74, 6) is 0.584. The van der Waals surface area contributed by atoms with Crippen molar-refractivity contribution in [3.05, 3.63) is 65.2 Å². The Hall–Kier alpha value is -2.62. The quantitative estimate of drug-likeness (QED) is 0.655. The Morgan fingerprint density at radius 2 is 1.96 bits per heavy atom. The number of rotatable bonds is 6. The van der Waals surface area contributed by atoms with E-state index in [-0.39, 0.29) is 18.4 Å². The maximum absolute atomic E-state index is 11.8. The topological polar surface area (TPSA) is 50.7 Å². The smallest absolute Gasteiger partial charge is 0.277 e. The van der Waals surface area contributed by atoms with Gasteiger partial charge in [-0.2, -0.15) is 5.10 Å². The molecule has 0 saturated heterocycles. The molecule has 0 aliphatic rings. The van der Waals surface area contributed by atoms with Crippen LogP contribution < -0.4 is 10.2 Å². The fourth-order valence-corrected chi connectivity index (χ4v) is 2.10. The highest BCUT2D eigenvalue weighted by molar-refractivity contribution is 5.79. The van der Waals surface area contributed by atoms with Crippen molar-refractivity contribution >= 4 is 12.1 Å². The molecule has 2 aromatic carbocycles. The first-order chi connectivity index (χ1) is 11.1. The Balaban J connectivity index is 1.81. The van der Waals surface area contributed by atoms with Gasteiger partial charge in [0.1, 0.15) is 5.75 Å². The number of aryl methyl sites for hydroxylation is 2. The lowest BCUT2D eigenvalue weighted by atomic mass is 10.0. The first kappa shape index (κ1) is 16.7. The highest BCUT2D eigenvalue weighted by Crippen LogP contribution is 2.18. The van der Waals surface area contributed by atoms with E-state index < -0.39 is 0 Å². The molecule has 0 unspecified atom stereocenters. The Morgan fingerprint density at radius 1 is 1.22 bits per heavy atom. The number of hydrogen-bond donors (Lipinski definition) is 1. The van der Waals surface area contributed by atoms with E-state index >= 15 is 0 Å². The van der Waals surface area contributed by atoms with E-state index in [0.717, 1.165) is 22.4 Å². The van der Waals surface area contributed by atoms with Crippen LogP contribution in [0.25, 0.3) is 0 Å². The van der Waals surface area contributed by atoms with E-state index in [9.17, 15) is 4.79 Å². The van der Waals surface area contributed by atoms with Crippen molar-refractivity contribution in [1.82, 2.24) is 5.43 Å². The van der Waals surface area contributed by atoms with E-state index in [4.69, 9.17) is 4.74 Å². The van der Waals surface area contributed by atoms with Crippen molar-refractivity contribution in [3.63, 3.8) is 0 Å². The summed E-state index contributed by atoms with van der Waals surface area (Å²) >= 11 is 0. The van der Waals surface area contributed by atoms with Gasteiger partial charge >= 0.3 is 0 Å². The Kier molecular flexibility index (Phi) is 5.92. The van der Waals surface area contributed by atoms with Crippen LogP contribution in [0, 0.1) is 13.8 Å². The van der Waals surface area contributed by atoms with E-state index in [2.05, 4.69) is 10.5 Å². The molecule has 0 radical (unpaired) electrons. The van der Waals surface area contributed by atoms with Crippen LogP contribution in [0.3, 0.4) is 0 Å². The molecule has 4 nitrogen and oxygen atoms in total. The van der Waals surface area contributed by atoms with Crippen LogP contribution in [0.4, 0.5) is 0 Å². The van der Waals surface area contributed by atoms with Gasteiger partial charge in [0.25, 0.3) is 5.91 Å². The zero-order valence-electron chi connectivity index (χ0n) is 13.7. The van der Waals surface area contributed by atoms with Crippen molar-refractivity contribution in [2.75, 3.05) is 6.61 Å². The average molecular weight is 310 g/mol. The summed E-state index contributed by atoms with van der Waals surface area (Å²) in [5, 5.41) is 4.00.